The zero-order chi connectivity index (χ0) is 9.68. The Morgan fingerprint density at radius 2 is 2.38 bits per heavy atom. The molecule has 0 saturated heterocycles. The van der Waals surface area contributed by atoms with Crippen LogP contribution < -0.4 is 5.32 Å². The fourth-order valence-corrected chi connectivity index (χ4v) is 1.35. The Bertz CT molecular complexity index is 265. The van der Waals surface area contributed by atoms with E-state index in [-0.39, 0.29) is 0 Å². The molecule has 1 aromatic heterocycles. The molecule has 0 fully saturated rings. The summed E-state index contributed by atoms with van der Waals surface area (Å²) in [6, 6.07) is 2.31. The molecule has 0 amide bonds. The highest BCUT2D eigenvalue weighted by Gasteiger charge is 2.01. The molecule has 1 heterocycles. The molecule has 13 heavy (non-hydrogen) atoms. The van der Waals surface area contributed by atoms with Gasteiger partial charge in [-0.15, -0.1) is 16.7 Å². The van der Waals surface area contributed by atoms with Gasteiger partial charge in [-0.1, -0.05) is 0 Å². The van der Waals surface area contributed by atoms with Crippen molar-refractivity contribution in [2.75, 3.05) is 11.2 Å². The standard InChI is InChI=1S/C9H14ClN3/c1-7-5-9(13-11-6-7)12-8(2)3-4-10/h5-6,8H,3-4H2,1-2H3,(H,12,13). The van der Waals surface area contributed by atoms with E-state index in [0.29, 0.717) is 11.9 Å². The van der Waals surface area contributed by atoms with E-state index < -0.39 is 0 Å². The predicted molar refractivity (Wildman–Crippen MR) is 55.2 cm³/mol. The number of nitrogens with zero attached hydrogens (tertiary/aromatic N) is 2. The van der Waals surface area contributed by atoms with E-state index in [0.717, 1.165) is 17.8 Å². The van der Waals surface area contributed by atoms with Gasteiger partial charge in [-0.3, -0.25) is 0 Å². The minimum atomic E-state index is 0.341. The summed E-state index contributed by atoms with van der Waals surface area (Å²) in [6.07, 6.45) is 2.66. The smallest absolute Gasteiger partial charge is 0.149 e. The highest BCUT2D eigenvalue weighted by atomic mass is 35.5. The number of aromatic nitrogens is 2. The fraction of sp³-hybridized carbons (Fsp3) is 0.556. The molecule has 0 aliphatic carbocycles. The summed E-state index contributed by atoms with van der Waals surface area (Å²) in [6.45, 7) is 4.07. The third-order valence-electron chi connectivity index (χ3n) is 1.73. The lowest BCUT2D eigenvalue weighted by Gasteiger charge is -2.12. The minimum Gasteiger partial charge on any atom is -0.366 e. The van der Waals surface area contributed by atoms with Crippen LogP contribution in [0.4, 0.5) is 5.82 Å². The lowest BCUT2D eigenvalue weighted by atomic mass is 10.2. The molecule has 0 bridgehead atoms. The molecule has 0 aromatic carbocycles. The van der Waals surface area contributed by atoms with Crippen LogP contribution in [0, 0.1) is 6.92 Å². The van der Waals surface area contributed by atoms with Gasteiger partial charge in [-0.25, -0.2) is 0 Å². The number of rotatable bonds is 4. The van der Waals surface area contributed by atoms with Crippen molar-refractivity contribution >= 4 is 17.4 Å². The van der Waals surface area contributed by atoms with Crippen LogP contribution in [0.5, 0.6) is 0 Å². The van der Waals surface area contributed by atoms with E-state index in [9.17, 15) is 0 Å². The van der Waals surface area contributed by atoms with Crippen molar-refractivity contribution in [1.82, 2.24) is 10.2 Å². The van der Waals surface area contributed by atoms with Gasteiger partial charge in [-0.05, 0) is 31.9 Å². The molecule has 1 rings (SSSR count). The number of nitrogens with one attached hydrogen (secondary N) is 1. The second-order valence-corrected chi connectivity index (χ2v) is 3.52. The number of aryl methyl sites for hydroxylation is 1. The molecule has 4 heteroatoms. The summed E-state index contributed by atoms with van der Waals surface area (Å²) < 4.78 is 0. The Morgan fingerprint density at radius 1 is 1.62 bits per heavy atom. The molecule has 3 nitrogen and oxygen atoms in total. The van der Waals surface area contributed by atoms with Gasteiger partial charge in [0.25, 0.3) is 0 Å². The van der Waals surface area contributed by atoms with Gasteiger partial charge in [0.05, 0.1) is 6.20 Å². The lowest BCUT2D eigenvalue weighted by molar-refractivity contribution is 0.758. The van der Waals surface area contributed by atoms with Gasteiger partial charge in [0, 0.05) is 11.9 Å². The van der Waals surface area contributed by atoms with E-state index in [1.165, 1.54) is 0 Å². The van der Waals surface area contributed by atoms with Gasteiger partial charge >= 0.3 is 0 Å². The van der Waals surface area contributed by atoms with Crippen LogP contribution >= 0.6 is 11.6 Å². The molecule has 0 aliphatic rings. The van der Waals surface area contributed by atoms with Crippen LogP contribution in [0.2, 0.25) is 0 Å². The molecule has 1 N–H and O–H groups in total. The topological polar surface area (TPSA) is 37.8 Å². The zero-order valence-electron chi connectivity index (χ0n) is 7.92. The maximum Gasteiger partial charge on any atom is 0.149 e. The van der Waals surface area contributed by atoms with E-state index in [2.05, 4.69) is 22.4 Å². The molecular formula is C9H14ClN3. The van der Waals surface area contributed by atoms with Crippen molar-refractivity contribution < 1.29 is 0 Å². The van der Waals surface area contributed by atoms with Crippen molar-refractivity contribution in [2.45, 2.75) is 26.3 Å². The molecule has 72 valence electrons. The fourth-order valence-electron chi connectivity index (χ4n) is 1.02. The number of hydrogen-bond donors (Lipinski definition) is 1. The first-order chi connectivity index (χ1) is 6.22. The van der Waals surface area contributed by atoms with E-state index in [4.69, 9.17) is 11.6 Å². The molecule has 0 aliphatic heterocycles. The van der Waals surface area contributed by atoms with E-state index >= 15 is 0 Å². The first-order valence-electron chi connectivity index (χ1n) is 4.34. The van der Waals surface area contributed by atoms with E-state index in [1.807, 2.05) is 13.0 Å². The number of alkyl halides is 1. The summed E-state index contributed by atoms with van der Waals surface area (Å²) in [4.78, 5) is 0. The first kappa shape index (κ1) is 10.3. The molecule has 0 radical (unpaired) electrons. The molecule has 0 saturated carbocycles. The summed E-state index contributed by atoms with van der Waals surface area (Å²) in [5, 5.41) is 11.0. The highest BCUT2D eigenvalue weighted by Crippen LogP contribution is 2.06. The Morgan fingerprint density at radius 3 is 3.00 bits per heavy atom. The highest BCUT2D eigenvalue weighted by molar-refractivity contribution is 6.17. The van der Waals surface area contributed by atoms with Crippen LogP contribution in [0.3, 0.4) is 0 Å². The van der Waals surface area contributed by atoms with Crippen molar-refractivity contribution in [3.8, 4) is 0 Å². The number of anilines is 1. The number of halogens is 1. The van der Waals surface area contributed by atoms with Crippen LogP contribution in [0.1, 0.15) is 18.9 Å². The average molecular weight is 200 g/mol. The monoisotopic (exact) mass is 199 g/mol. The maximum absolute atomic E-state index is 5.62. The van der Waals surface area contributed by atoms with Crippen molar-refractivity contribution in [3.05, 3.63) is 17.8 Å². The first-order valence-corrected chi connectivity index (χ1v) is 4.87. The molecular weight excluding hydrogens is 186 g/mol. The Kier molecular flexibility index (Phi) is 3.96. The summed E-state index contributed by atoms with van der Waals surface area (Å²) in [7, 11) is 0. The van der Waals surface area contributed by atoms with Crippen LogP contribution in [0.15, 0.2) is 12.3 Å². The second-order valence-electron chi connectivity index (χ2n) is 3.14. The zero-order valence-corrected chi connectivity index (χ0v) is 8.67. The molecule has 1 aromatic rings. The quantitative estimate of drug-likeness (QED) is 0.756. The minimum absolute atomic E-state index is 0.341. The maximum atomic E-state index is 5.62. The van der Waals surface area contributed by atoms with Crippen LogP contribution in [0.25, 0.3) is 0 Å². The van der Waals surface area contributed by atoms with Crippen molar-refractivity contribution in [1.29, 1.82) is 0 Å². The van der Waals surface area contributed by atoms with Gasteiger partial charge in [0.1, 0.15) is 5.82 Å². The second kappa shape index (κ2) is 5.02. The van der Waals surface area contributed by atoms with Crippen LogP contribution in [-0.2, 0) is 0 Å². The Hall–Kier alpha value is -0.830. The average Bonchev–Trinajstić information content (AvgIpc) is 2.04. The Balaban J connectivity index is 2.53. The van der Waals surface area contributed by atoms with Gasteiger partial charge in [0.2, 0.25) is 0 Å². The lowest BCUT2D eigenvalue weighted by Crippen LogP contribution is -2.16. The third kappa shape index (κ3) is 3.59. The van der Waals surface area contributed by atoms with Gasteiger partial charge in [-0.2, -0.15) is 5.10 Å². The Labute approximate surface area is 83.5 Å². The van der Waals surface area contributed by atoms with E-state index in [1.54, 1.807) is 6.20 Å². The predicted octanol–water partition coefficient (Wildman–Crippen LogP) is 2.21. The largest absolute Gasteiger partial charge is 0.366 e. The summed E-state index contributed by atoms with van der Waals surface area (Å²) in [5.74, 6) is 1.48. The molecule has 1 atom stereocenters. The molecule has 1 unspecified atom stereocenters. The summed E-state index contributed by atoms with van der Waals surface area (Å²) >= 11 is 5.62. The van der Waals surface area contributed by atoms with Crippen molar-refractivity contribution in [2.24, 2.45) is 0 Å². The van der Waals surface area contributed by atoms with Crippen molar-refractivity contribution in [3.63, 3.8) is 0 Å². The number of hydrogen-bond acceptors (Lipinski definition) is 3. The normalized spacial score (nSPS) is 12.5. The van der Waals surface area contributed by atoms with Crippen LogP contribution in [-0.4, -0.2) is 22.1 Å². The third-order valence-corrected chi connectivity index (χ3v) is 1.95. The molecule has 0 spiro atoms. The summed E-state index contributed by atoms with van der Waals surface area (Å²) in [5.41, 5.74) is 1.11. The SMILES string of the molecule is Cc1cnnc(NC(C)CCCl)c1. The van der Waals surface area contributed by atoms with Gasteiger partial charge in [0.15, 0.2) is 0 Å². The van der Waals surface area contributed by atoms with Gasteiger partial charge < -0.3 is 5.32 Å².